The van der Waals surface area contributed by atoms with Crippen LogP contribution in [0.2, 0.25) is 10.4 Å². The summed E-state index contributed by atoms with van der Waals surface area (Å²) in [5.41, 5.74) is -0.346. The molecule has 112 valence electrons. The monoisotopic (exact) mass is 350 g/mol. The van der Waals surface area contributed by atoms with Crippen molar-refractivity contribution in [2.24, 2.45) is 5.41 Å². The van der Waals surface area contributed by atoms with Crippen LogP contribution in [0.4, 0.5) is 10.2 Å². The highest BCUT2D eigenvalue weighted by atomic mass is 35.5. The van der Waals surface area contributed by atoms with E-state index in [0.29, 0.717) is 30.2 Å². The predicted octanol–water partition coefficient (Wildman–Crippen LogP) is 2.51. The standard InChI is InChI=1S/C12H10Cl3FN4O/c13-2-12(5-21)3-20(4-12)10-6-1-17-9(14)7(16)8(6)18-11(15)19-10/h1,21H,2-5H2. The van der Waals surface area contributed by atoms with E-state index in [4.69, 9.17) is 34.8 Å². The van der Waals surface area contributed by atoms with Gasteiger partial charge >= 0.3 is 0 Å². The van der Waals surface area contributed by atoms with Crippen LogP contribution in [0.15, 0.2) is 6.20 Å². The first-order valence-corrected chi connectivity index (χ1v) is 7.38. The molecular weight excluding hydrogens is 342 g/mol. The van der Waals surface area contributed by atoms with E-state index in [1.165, 1.54) is 6.20 Å². The molecule has 0 spiro atoms. The molecule has 0 amide bonds. The van der Waals surface area contributed by atoms with E-state index in [1.54, 1.807) is 0 Å². The molecule has 1 saturated heterocycles. The molecule has 5 nitrogen and oxygen atoms in total. The van der Waals surface area contributed by atoms with Crippen LogP contribution in [-0.4, -0.2) is 45.6 Å². The summed E-state index contributed by atoms with van der Waals surface area (Å²) in [4.78, 5) is 13.6. The van der Waals surface area contributed by atoms with Crippen molar-refractivity contribution in [3.8, 4) is 0 Å². The van der Waals surface area contributed by atoms with Crippen LogP contribution in [0.3, 0.4) is 0 Å². The number of alkyl halides is 1. The van der Waals surface area contributed by atoms with Crippen LogP contribution in [0.25, 0.3) is 10.9 Å². The number of fused-ring (bicyclic) bond motifs is 1. The molecule has 0 atom stereocenters. The van der Waals surface area contributed by atoms with E-state index in [9.17, 15) is 9.50 Å². The number of aromatic nitrogens is 3. The Kier molecular flexibility index (Phi) is 3.81. The minimum Gasteiger partial charge on any atom is -0.396 e. The summed E-state index contributed by atoms with van der Waals surface area (Å²) in [6.45, 7) is 0.974. The molecule has 0 bridgehead atoms. The summed E-state index contributed by atoms with van der Waals surface area (Å²) in [5, 5.41) is 9.46. The Bertz CT molecular complexity index is 702. The second-order valence-electron chi connectivity index (χ2n) is 5.09. The van der Waals surface area contributed by atoms with Gasteiger partial charge in [-0.3, -0.25) is 0 Å². The predicted molar refractivity (Wildman–Crippen MR) is 79.8 cm³/mol. The molecule has 0 aromatic carbocycles. The number of aliphatic hydroxyl groups excluding tert-OH is 1. The van der Waals surface area contributed by atoms with E-state index in [0.717, 1.165) is 0 Å². The summed E-state index contributed by atoms with van der Waals surface area (Å²) in [5.74, 6) is 0.0584. The van der Waals surface area contributed by atoms with E-state index < -0.39 is 5.82 Å². The third kappa shape index (κ3) is 2.40. The van der Waals surface area contributed by atoms with Gasteiger partial charge in [0, 0.05) is 30.6 Å². The Labute approximate surface area is 134 Å². The fourth-order valence-corrected chi connectivity index (χ4v) is 2.93. The Hall–Kier alpha value is -0.950. The number of aliphatic hydroxyl groups is 1. The molecular formula is C12H10Cl3FN4O. The number of nitrogens with zero attached hydrogens (tertiary/aromatic N) is 4. The highest BCUT2D eigenvalue weighted by molar-refractivity contribution is 6.30. The Morgan fingerprint density at radius 3 is 2.67 bits per heavy atom. The van der Waals surface area contributed by atoms with Gasteiger partial charge in [-0.25, -0.2) is 14.4 Å². The number of pyridine rings is 1. The maximum absolute atomic E-state index is 14.0. The summed E-state index contributed by atoms with van der Waals surface area (Å²) < 4.78 is 14.0. The lowest BCUT2D eigenvalue weighted by atomic mass is 9.82. The van der Waals surface area contributed by atoms with E-state index in [2.05, 4.69) is 15.0 Å². The Morgan fingerprint density at radius 2 is 2.05 bits per heavy atom. The third-order valence-corrected chi connectivity index (χ3v) is 4.56. The zero-order chi connectivity index (χ0) is 15.2. The van der Waals surface area contributed by atoms with Crippen molar-refractivity contribution >= 4 is 51.5 Å². The summed E-state index contributed by atoms with van der Waals surface area (Å²) in [6, 6.07) is 0. The maximum atomic E-state index is 14.0. The lowest BCUT2D eigenvalue weighted by molar-refractivity contribution is 0.114. The molecule has 1 fully saturated rings. The quantitative estimate of drug-likeness (QED) is 0.523. The normalized spacial score (nSPS) is 17.1. The summed E-state index contributed by atoms with van der Waals surface area (Å²) >= 11 is 17.4. The van der Waals surface area contributed by atoms with Gasteiger partial charge in [-0.2, -0.15) is 4.98 Å². The average Bonchev–Trinajstić information content (AvgIpc) is 2.43. The molecule has 0 saturated carbocycles. The van der Waals surface area contributed by atoms with Crippen molar-refractivity contribution in [3.05, 3.63) is 22.5 Å². The van der Waals surface area contributed by atoms with Crippen molar-refractivity contribution in [3.63, 3.8) is 0 Å². The second kappa shape index (κ2) is 5.35. The molecule has 2 aromatic rings. The van der Waals surface area contributed by atoms with Gasteiger partial charge in [0.15, 0.2) is 11.0 Å². The zero-order valence-electron chi connectivity index (χ0n) is 10.7. The van der Waals surface area contributed by atoms with Crippen molar-refractivity contribution in [1.82, 2.24) is 15.0 Å². The minimum absolute atomic E-state index is 0.0253. The molecule has 21 heavy (non-hydrogen) atoms. The van der Waals surface area contributed by atoms with E-state index >= 15 is 0 Å². The number of hydrogen-bond donors (Lipinski definition) is 1. The van der Waals surface area contributed by atoms with Gasteiger partial charge in [-0.1, -0.05) is 11.6 Å². The smallest absolute Gasteiger partial charge is 0.225 e. The first-order valence-electron chi connectivity index (χ1n) is 6.09. The minimum atomic E-state index is -0.731. The van der Waals surface area contributed by atoms with Crippen LogP contribution < -0.4 is 4.90 Å². The average molecular weight is 352 g/mol. The number of halogens is 4. The molecule has 1 aliphatic heterocycles. The number of hydrogen-bond acceptors (Lipinski definition) is 5. The molecule has 2 aromatic heterocycles. The molecule has 0 unspecified atom stereocenters. The van der Waals surface area contributed by atoms with Gasteiger partial charge < -0.3 is 10.0 Å². The number of rotatable bonds is 3. The van der Waals surface area contributed by atoms with Crippen LogP contribution in [0, 0.1) is 11.2 Å². The SMILES string of the molecule is OCC1(CCl)CN(c2nc(Cl)nc3c(F)c(Cl)ncc23)C1. The molecule has 0 aliphatic carbocycles. The summed E-state index contributed by atoms with van der Waals surface area (Å²) in [7, 11) is 0. The highest BCUT2D eigenvalue weighted by Gasteiger charge is 2.43. The van der Waals surface area contributed by atoms with Crippen molar-refractivity contribution in [1.29, 1.82) is 0 Å². The fraction of sp³-hybridized carbons (Fsp3) is 0.417. The molecule has 1 N–H and O–H groups in total. The fourth-order valence-electron chi connectivity index (χ4n) is 2.37. The largest absolute Gasteiger partial charge is 0.396 e. The second-order valence-corrected chi connectivity index (χ2v) is 6.05. The van der Waals surface area contributed by atoms with Crippen molar-refractivity contribution in [2.45, 2.75) is 0 Å². The van der Waals surface area contributed by atoms with Crippen LogP contribution >= 0.6 is 34.8 Å². The topological polar surface area (TPSA) is 62.1 Å². The molecule has 0 radical (unpaired) electrons. The van der Waals surface area contributed by atoms with Gasteiger partial charge in [0.25, 0.3) is 0 Å². The molecule has 9 heteroatoms. The Morgan fingerprint density at radius 1 is 1.33 bits per heavy atom. The van der Waals surface area contributed by atoms with Crippen LogP contribution in [-0.2, 0) is 0 Å². The lowest BCUT2D eigenvalue weighted by Gasteiger charge is -2.49. The third-order valence-electron chi connectivity index (χ3n) is 3.57. The van der Waals surface area contributed by atoms with Gasteiger partial charge in [0.1, 0.15) is 11.3 Å². The van der Waals surface area contributed by atoms with Crippen molar-refractivity contribution < 1.29 is 9.50 Å². The first kappa shape index (κ1) is 15.0. The number of anilines is 1. The maximum Gasteiger partial charge on any atom is 0.225 e. The Balaban J connectivity index is 2.06. The summed E-state index contributed by atoms with van der Waals surface area (Å²) in [6.07, 6.45) is 1.41. The highest BCUT2D eigenvalue weighted by Crippen LogP contribution is 2.38. The first-order chi connectivity index (χ1) is 9.99. The van der Waals surface area contributed by atoms with Gasteiger partial charge in [-0.15, -0.1) is 11.6 Å². The van der Waals surface area contributed by atoms with E-state index in [1.807, 2.05) is 4.90 Å². The molecule has 3 rings (SSSR count). The molecule has 1 aliphatic rings. The van der Waals surface area contributed by atoms with Crippen molar-refractivity contribution in [2.75, 3.05) is 30.5 Å². The lowest BCUT2D eigenvalue weighted by Crippen LogP contribution is -2.60. The van der Waals surface area contributed by atoms with Crippen LogP contribution in [0.1, 0.15) is 0 Å². The van der Waals surface area contributed by atoms with Crippen LogP contribution in [0.5, 0.6) is 0 Å². The van der Waals surface area contributed by atoms with Gasteiger partial charge in [0.2, 0.25) is 5.28 Å². The zero-order valence-corrected chi connectivity index (χ0v) is 12.9. The van der Waals surface area contributed by atoms with Gasteiger partial charge in [0.05, 0.1) is 12.0 Å². The molecule has 3 heterocycles. The van der Waals surface area contributed by atoms with E-state index in [-0.39, 0.29) is 28.0 Å². The van der Waals surface area contributed by atoms with Gasteiger partial charge in [-0.05, 0) is 11.6 Å².